The van der Waals surface area contributed by atoms with Gasteiger partial charge < -0.3 is 10.5 Å². The lowest BCUT2D eigenvalue weighted by atomic mass is 10.0. The molecule has 6 nitrogen and oxygen atoms in total. The fraction of sp³-hybridized carbons (Fsp3) is 0.235. The molecule has 0 unspecified atom stereocenters. The molecule has 0 saturated heterocycles. The fourth-order valence-electron chi connectivity index (χ4n) is 2.69. The highest BCUT2D eigenvalue weighted by molar-refractivity contribution is 6.36. The van der Waals surface area contributed by atoms with E-state index in [1.165, 1.54) is 6.20 Å². The van der Waals surface area contributed by atoms with Crippen LogP contribution >= 0.6 is 23.2 Å². The highest BCUT2D eigenvalue weighted by Gasteiger charge is 2.22. The van der Waals surface area contributed by atoms with E-state index in [-0.39, 0.29) is 13.2 Å². The molecule has 1 aromatic carbocycles. The molecule has 2 aromatic heterocycles. The Hall–Kier alpha value is -2.15. The van der Waals surface area contributed by atoms with Crippen molar-refractivity contribution >= 4 is 34.8 Å². The van der Waals surface area contributed by atoms with Gasteiger partial charge in [0.05, 0.1) is 23.5 Å². The first kappa shape index (κ1) is 17.7. The van der Waals surface area contributed by atoms with Crippen LogP contribution in [0.3, 0.4) is 0 Å². The molecule has 0 aliphatic heterocycles. The number of carbonyl (C=O) groups is 1. The van der Waals surface area contributed by atoms with Gasteiger partial charge in [0, 0.05) is 28.4 Å². The zero-order chi connectivity index (χ0) is 18.1. The average Bonchev–Trinajstić information content (AvgIpc) is 2.97. The van der Waals surface area contributed by atoms with E-state index < -0.39 is 5.97 Å². The Morgan fingerprint density at radius 3 is 2.76 bits per heavy atom. The molecular weight excluding hydrogens is 363 g/mol. The van der Waals surface area contributed by atoms with Crippen molar-refractivity contribution in [1.82, 2.24) is 14.6 Å². The lowest BCUT2D eigenvalue weighted by Crippen LogP contribution is -2.11. The molecule has 0 bridgehead atoms. The summed E-state index contributed by atoms with van der Waals surface area (Å²) < 4.78 is 6.64. The van der Waals surface area contributed by atoms with Crippen molar-refractivity contribution in [3.8, 4) is 11.3 Å². The summed E-state index contributed by atoms with van der Waals surface area (Å²) >= 11 is 12.4. The molecule has 0 aliphatic rings. The Kier molecular flexibility index (Phi) is 4.94. The lowest BCUT2D eigenvalue weighted by Gasteiger charge is -2.14. The monoisotopic (exact) mass is 378 g/mol. The quantitative estimate of drug-likeness (QED) is 0.700. The second-order valence-electron chi connectivity index (χ2n) is 5.37. The van der Waals surface area contributed by atoms with E-state index in [2.05, 4.69) is 10.1 Å². The van der Waals surface area contributed by atoms with Gasteiger partial charge in [0.1, 0.15) is 5.56 Å². The summed E-state index contributed by atoms with van der Waals surface area (Å²) in [5.41, 5.74) is 9.50. The number of benzene rings is 1. The summed E-state index contributed by atoms with van der Waals surface area (Å²) in [7, 11) is 0. The Labute approximate surface area is 154 Å². The van der Waals surface area contributed by atoms with Gasteiger partial charge in [-0.25, -0.2) is 14.3 Å². The lowest BCUT2D eigenvalue weighted by molar-refractivity contribution is 0.0528. The van der Waals surface area contributed by atoms with Crippen LogP contribution in [-0.4, -0.2) is 27.2 Å². The molecule has 130 valence electrons. The molecule has 2 heterocycles. The minimum Gasteiger partial charge on any atom is -0.462 e. The highest BCUT2D eigenvalue weighted by Crippen LogP contribution is 2.34. The molecule has 2 N–H and O–H groups in total. The molecule has 8 heteroatoms. The molecule has 0 saturated carbocycles. The molecule has 25 heavy (non-hydrogen) atoms. The number of carbonyl (C=O) groups excluding carboxylic acids is 1. The van der Waals surface area contributed by atoms with Gasteiger partial charge in [0.15, 0.2) is 5.65 Å². The van der Waals surface area contributed by atoms with Crippen LogP contribution in [0.2, 0.25) is 10.0 Å². The number of rotatable bonds is 4. The van der Waals surface area contributed by atoms with Crippen molar-refractivity contribution in [2.75, 3.05) is 6.61 Å². The number of nitrogens with two attached hydrogens (primary N) is 1. The molecule has 0 fully saturated rings. The molecular formula is C17H16Cl2N4O2. The first-order valence-corrected chi connectivity index (χ1v) is 8.43. The Bertz CT molecular complexity index is 969. The molecule has 0 atom stereocenters. The summed E-state index contributed by atoms with van der Waals surface area (Å²) in [6, 6.07) is 5.18. The number of hydrogen-bond donors (Lipinski definition) is 1. The standard InChI is InChI=1S/C17H16Cl2N4O2/c1-3-25-17(24)13-8-21-23-15(11-5-4-10(18)6-14(11)19)12(7-20)9(2)22-16(13)23/h4-6,8H,3,7,20H2,1-2H3. The van der Waals surface area contributed by atoms with E-state index in [0.717, 1.165) is 5.56 Å². The van der Waals surface area contributed by atoms with E-state index in [9.17, 15) is 4.79 Å². The van der Waals surface area contributed by atoms with Gasteiger partial charge in [-0.1, -0.05) is 23.2 Å². The van der Waals surface area contributed by atoms with Crippen molar-refractivity contribution in [3.63, 3.8) is 0 Å². The number of aryl methyl sites for hydroxylation is 1. The van der Waals surface area contributed by atoms with Crippen LogP contribution in [-0.2, 0) is 11.3 Å². The molecule has 0 spiro atoms. The van der Waals surface area contributed by atoms with Gasteiger partial charge in [-0.15, -0.1) is 0 Å². The number of ether oxygens (including phenoxy) is 1. The maximum absolute atomic E-state index is 12.2. The average molecular weight is 379 g/mol. The number of esters is 1. The summed E-state index contributed by atoms with van der Waals surface area (Å²) in [6.45, 7) is 4.09. The molecule has 0 amide bonds. The second-order valence-corrected chi connectivity index (χ2v) is 6.21. The first-order valence-electron chi connectivity index (χ1n) is 7.67. The van der Waals surface area contributed by atoms with Crippen LogP contribution in [0.1, 0.15) is 28.5 Å². The largest absolute Gasteiger partial charge is 0.462 e. The van der Waals surface area contributed by atoms with Gasteiger partial charge in [-0.3, -0.25) is 0 Å². The number of nitrogens with zero attached hydrogens (tertiary/aromatic N) is 3. The molecule has 0 radical (unpaired) electrons. The number of fused-ring (bicyclic) bond motifs is 1. The van der Waals surface area contributed by atoms with E-state index in [1.807, 2.05) is 6.92 Å². The van der Waals surface area contributed by atoms with Gasteiger partial charge in [0.2, 0.25) is 0 Å². The van der Waals surface area contributed by atoms with E-state index in [1.54, 1.807) is 29.6 Å². The number of halogens is 2. The second kappa shape index (κ2) is 7.00. The van der Waals surface area contributed by atoms with Crippen LogP contribution in [0.25, 0.3) is 16.9 Å². The number of aromatic nitrogens is 3. The van der Waals surface area contributed by atoms with Gasteiger partial charge in [-0.05, 0) is 32.0 Å². The molecule has 0 aliphatic carbocycles. The van der Waals surface area contributed by atoms with Gasteiger partial charge >= 0.3 is 5.97 Å². The van der Waals surface area contributed by atoms with E-state index in [0.29, 0.717) is 38.2 Å². The smallest absolute Gasteiger partial charge is 0.343 e. The van der Waals surface area contributed by atoms with Gasteiger partial charge in [-0.2, -0.15) is 5.10 Å². The Balaban J connectivity index is 2.34. The van der Waals surface area contributed by atoms with E-state index >= 15 is 0 Å². The fourth-order valence-corrected chi connectivity index (χ4v) is 3.19. The minimum absolute atomic E-state index is 0.248. The summed E-state index contributed by atoms with van der Waals surface area (Å²) in [5.74, 6) is -0.474. The third-order valence-corrected chi connectivity index (χ3v) is 4.39. The van der Waals surface area contributed by atoms with Crippen molar-refractivity contribution in [2.45, 2.75) is 20.4 Å². The molecule has 3 aromatic rings. The van der Waals surface area contributed by atoms with Crippen molar-refractivity contribution < 1.29 is 9.53 Å². The maximum atomic E-state index is 12.2. The third-order valence-electron chi connectivity index (χ3n) is 3.84. The van der Waals surface area contributed by atoms with Crippen LogP contribution in [0.4, 0.5) is 0 Å². The Morgan fingerprint density at radius 2 is 2.12 bits per heavy atom. The van der Waals surface area contributed by atoms with Crippen molar-refractivity contribution in [1.29, 1.82) is 0 Å². The Morgan fingerprint density at radius 1 is 1.36 bits per heavy atom. The van der Waals surface area contributed by atoms with Crippen LogP contribution in [0.15, 0.2) is 24.4 Å². The first-order chi connectivity index (χ1) is 12.0. The maximum Gasteiger partial charge on any atom is 0.343 e. The minimum atomic E-state index is -0.474. The SMILES string of the molecule is CCOC(=O)c1cnn2c(-c3ccc(Cl)cc3Cl)c(CN)c(C)nc12. The van der Waals surface area contributed by atoms with Crippen molar-refractivity contribution in [3.05, 3.63) is 51.3 Å². The van der Waals surface area contributed by atoms with Gasteiger partial charge in [0.25, 0.3) is 0 Å². The van der Waals surface area contributed by atoms with Crippen LogP contribution in [0, 0.1) is 6.92 Å². The number of hydrogen-bond acceptors (Lipinski definition) is 5. The van der Waals surface area contributed by atoms with Crippen LogP contribution in [0.5, 0.6) is 0 Å². The normalized spacial score (nSPS) is 11.1. The highest BCUT2D eigenvalue weighted by atomic mass is 35.5. The predicted octanol–water partition coefficient (Wildman–Crippen LogP) is 3.65. The van der Waals surface area contributed by atoms with Crippen molar-refractivity contribution in [2.24, 2.45) is 5.73 Å². The summed E-state index contributed by atoms with van der Waals surface area (Å²) in [5, 5.41) is 5.30. The molecule has 3 rings (SSSR count). The topological polar surface area (TPSA) is 82.5 Å². The predicted molar refractivity (Wildman–Crippen MR) is 97.0 cm³/mol. The summed E-state index contributed by atoms with van der Waals surface area (Å²) in [4.78, 5) is 16.7. The van der Waals surface area contributed by atoms with E-state index in [4.69, 9.17) is 33.7 Å². The summed E-state index contributed by atoms with van der Waals surface area (Å²) in [6.07, 6.45) is 1.44. The zero-order valence-electron chi connectivity index (χ0n) is 13.7. The third kappa shape index (κ3) is 3.08. The zero-order valence-corrected chi connectivity index (χ0v) is 15.2. The van der Waals surface area contributed by atoms with Crippen LogP contribution < -0.4 is 5.73 Å².